The number of hydrogen-bond acceptors (Lipinski definition) is 3. The van der Waals surface area contributed by atoms with E-state index in [9.17, 15) is 9.59 Å². The zero-order valence-corrected chi connectivity index (χ0v) is 13.2. The van der Waals surface area contributed by atoms with Gasteiger partial charge in [0.05, 0.1) is 5.02 Å². The number of nitrogens with one attached hydrogen (secondary N) is 1. The van der Waals surface area contributed by atoms with Gasteiger partial charge in [0, 0.05) is 18.9 Å². The van der Waals surface area contributed by atoms with E-state index in [2.05, 4.69) is 10.3 Å². The number of pyridine rings is 1. The molecule has 114 valence electrons. The van der Waals surface area contributed by atoms with Crippen LogP contribution in [0, 0.1) is 5.92 Å². The maximum atomic E-state index is 12.6. The minimum absolute atomic E-state index is 0.0346. The van der Waals surface area contributed by atoms with Crippen LogP contribution in [0.1, 0.15) is 32.8 Å². The van der Waals surface area contributed by atoms with E-state index in [0.717, 1.165) is 5.56 Å². The highest BCUT2D eigenvalue weighted by molar-refractivity contribution is 6.31. The number of amides is 2. The number of piperazine rings is 1. The molecule has 2 amide bonds. The first kappa shape index (κ1) is 15.8. The summed E-state index contributed by atoms with van der Waals surface area (Å²) in [7, 11) is 0. The quantitative estimate of drug-likeness (QED) is 0.925. The Labute approximate surface area is 129 Å². The van der Waals surface area contributed by atoms with E-state index in [-0.39, 0.29) is 17.7 Å². The fourth-order valence-corrected chi connectivity index (χ4v) is 2.81. The molecule has 5 nitrogen and oxygen atoms in total. The zero-order chi connectivity index (χ0) is 15.6. The molecule has 1 aromatic rings. The average Bonchev–Trinajstić information content (AvgIpc) is 2.44. The van der Waals surface area contributed by atoms with Crippen LogP contribution in [0.15, 0.2) is 18.5 Å². The smallest absolute Gasteiger partial charge is 0.246 e. The summed E-state index contributed by atoms with van der Waals surface area (Å²) in [6, 6.07) is 0.859. The molecule has 0 aromatic carbocycles. The molecule has 2 atom stereocenters. The Kier molecular flexibility index (Phi) is 4.83. The van der Waals surface area contributed by atoms with Crippen LogP contribution in [0.25, 0.3) is 0 Å². The molecule has 1 saturated heterocycles. The molecular formula is C15H20ClN3O2. The van der Waals surface area contributed by atoms with E-state index >= 15 is 0 Å². The third-order valence-corrected chi connectivity index (χ3v) is 4.08. The molecule has 2 unspecified atom stereocenters. The Bertz CT molecular complexity index is 547. The van der Waals surface area contributed by atoms with Gasteiger partial charge in [-0.3, -0.25) is 14.6 Å². The highest BCUT2D eigenvalue weighted by Gasteiger charge is 2.41. The van der Waals surface area contributed by atoms with E-state index < -0.39 is 12.1 Å². The second-order valence-corrected chi connectivity index (χ2v) is 6.00. The van der Waals surface area contributed by atoms with Crippen molar-refractivity contribution in [2.75, 3.05) is 0 Å². The summed E-state index contributed by atoms with van der Waals surface area (Å²) in [6.07, 6.45) is 3.76. The molecule has 0 radical (unpaired) electrons. The molecule has 0 spiro atoms. The number of halogens is 1. The van der Waals surface area contributed by atoms with E-state index in [1.165, 1.54) is 0 Å². The summed E-state index contributed by atoms with van der Waals surface area (Å²) < 4.78 is 0. The van der Waals surface area contributed by atoms with Crippen LogP contribution < -0.4 is 5.32 Å². The van der Waals surface area contributed by atoms with Gasteiger partial charge in [-0.1, -0.05) is 32.4 Å². The van der Waals surface area contributed by atoms with Gasteiger partial charge >= 0.3 is 0 Å². The van der Waals surface area contributed by atoms with Crippen molar-refractivity contribution in [1.29, 1.82) is 0 Å². The molecule has 1 aromatic heterocycles. The predicted octanol–water partition coefficient (Wildman–Crippen LogP) is 2.00. The normalized spacial score (nSPS) is 22.6. The van der Waals surface area contributed by atoms with Gasteiger partial charge < -0.3 is 10.2 Å². The Balaban J connectivity index is 2.32. The topological polar surface area (TPSA) is 62.3 Å². The molecule has 6 heteroatoms. The van der Waals surface area contributed by atoms with E-state index in [0.29, 0.717) is 18.0 Å². The number of rotatable bonds is 4. The second-order valence-electron chi connectivity index (χ2n) is 5.59. The maximum absolute atomic E-state index is 12.6. The number of carbonyl (C=O) groups excluding carboxylic acids is 2. The van der Waals surface area contributed by atoms with Gasteiger partial charge in [-0.05, 0) is 24.0 Å². The van der Waals surface area contributed by atoms with Crippen LogP contribution in [-0.2, 0) is 16.1 Å². The average molecular weight is 310 g/mol. The summed E-state index contributed by atoms with van der Waals surface area (Å²) in [5.41, 5.74) is 0.801. The Morgan fingerprint density at radius 1 is 1.43 bits per heavy atom. The largest absolute Gasteiger partial charge is 0.343 e. The van der Waals surface area contributed by atoms with Crippen molar-refractivity contribution in [3.05, 3.63) is 29.0 Å². The zero-order valence-electron chi connectivity index (χ0n) is 12.5. The highest BCUT2D eigenvalue weighted by Crippen LogP contribution is 2.23. The lowest BCUT2D eigenvalue weighted by Gasteiger charge is -2.40. The lowest BCUT2D eigenvalue weighted by Crippen LogP contribution is -2.64. The van der Waals surface area contributed by atoms with Gasteiger partial charge in [-0.25, -0.2) is 0 Å². The van der Waals surface area contributed by atoms with Crippen molar-refractivity contribution < 1.29 is 9.59 Å². The van der Waals surface area contributed by atoms with Gasteiger partial charge in [-0.2, -0.15) is 0 Å². The third-order valence-electron chi connectivity index (χ3n) is 3.74. The van der Waals surface area contributed by atoms with Crippen LogP contribution in [0.2, 0.25) is 5.02 Å². The Morgan fingerprint density at radius 3 is 2.71 bits per heavy atom. The molecule has 1 N–H and O–H groups in total. The molecule has 0 aliphatic carbocycles. The molecular weight excluding hydrogens is 290 g/mol. The van der Waals surface area contributed by atoms with Crippen LogP contribution in [0.3, 0.4) is 0 Å². The number of aromatic nitrogens is 1. The van der Waals surface area contributed by atoms with Gasteiger partial charge in [0.25, 0.3) is 0 Å². The first-order valence-electron chi connectivity index (χ1n) is 7.15. The van der Waals surface area contributed by atoms with E-state index in [4.69, 9.17) is 11.6 Å². The lowest BCUT2D eigenvalue weighted by molar-refractivity contribution is -0.152. The van der Waals surface area contributed by atoms with Gasteiger partial charge in [0.1, 0.15) is 12.1 Å². The lowest BCUT2D eigenvalue weighted by atomic mass is 9.95. The highest BCUT2D eigenvalue weighted by atomic mass is 35.5. The summed E-state index contributed by atoms with van der Waals surface area (Å²) in [5, 5.41) is 3.31. The van der Waals surface area contributed by atoms with Crippen molar-refractivity contribution in [2.45, 2.75) is 45.8 Å². The fourth-order valence-electron chi connectivity index (χ4n) is 2.63. The monoisotopic (exact) mass is 309 g/mol. The van der Waals surface area contributed by atoms with Crippen LogP contribution in [-0.4, -0.2) is 33.8 Å². The van der Waals surface area contributed by atoms with Gasteiger partial charge in [0.2, 0.25) is 11.8 Å². The first-order valence-corrected chi connectivity index (χ1v) is 7.52. The van der Waals surface area contributed by atoms with Crippen molar-refractivity contribution in [2.24, 2.45) is 5.92 Å². The minimum atomic E-state index is -0.468. The fraction of sp³-hybridized carbons (Fsp3) is 0.533. The molecule has 2 rings (SSSR count). The number of hydrogen-bond donors (Lipinski definition) is 1. The summed E-state index contributed by atoms with van der Waals surface area (Å²) in [5.74, 6) is -0.113. The van der Waals surface area contributed by atoms with Crippen LogP contribution >= 0.6 is 11.6 Å². The standard InChI is InChI=1S/C15H20ClN3O2/c1-4-12-15(21)19(13(9(2)3)14(20)18-12)8-10-5-6-17-7-11(10)16/h5-7,9,12-13H,4,8H2,1-3H3,(H,18,20). The summed E-state index contributed by atoms with van der Waals surface area (Å²) in [4.78, 5) is 30.5. The molecule has 0 saturated carbocycles. The molecule has 1 fully saturated rings. The molecule has 1 aliphatic rings. The van der Waals surface area contributed by atoms with Crippen molar-refractivity contribution in [3.63, 3.8) is 0 Å². The summed E-state index contributed by atoms with van der Waals surface area (Å²) in [6.45, 7) is 6.08. The van der Waals surface area contributed by atoms with E-state index in [1.54, 1.807) is 23.4 Å². The third kappa shape index (κ3) is 3.18. The molecule has 2 heterocycles. The Morgan fingerprint density at radius 2 is 2.14 bits per heavy atom. The summed E-state index contributed by atoms with van der Waals surface area (Å²) >= 11 is 6.12. The second kappa shape index (κ2) is 6.43. The Hall–Kier alpha value is -1.62. The van der Waals surface area contributed by atoms with Crippen LogP contribution in [0.4, 0.5) is 0 Å². The number of carbonyl (C=O) groups is 2. The van der Waals surface area contributed by atoms with Gasteiger partial charge in [-0.15, -0.1) is 0 Å². The van der Waals surface area contributed by atoms with Crippen molar-refractivity contribution in [1.82, 2.24) is 15.2 Å². The number of nitrogens with zero attached hydrogens (tertiary/aromatic N) is 2. The predicted molar refractivity (Wildman–Crippen MR) is 80.6 cm³/mol. The van der Waals surface area contributed by atoms with Crippen LogP contribution in [0.5, 0.6) is 0 Å². The minimum Gasteiger partial charge on any atom is -0.343 e. The maximum Gasteiger partial charge on any atom is 0.246 e. The first-order chi connectivity index (χ1) is 9.95. The van der Waals surface area contributed by atoms with E-state index in [1.807, 2.05) is 20.8 Å². The van der Waals surface area contributed by atoms with Crippen molar-refractivity contribution in [3.8, 4) is 0 Å². The molecule has 0 bridgehead atoms. The molecule has 1 aliphatic heterocycles. The SMILES string of the molecule is CCC1NC(=O)C(C(C)C)N(Cc2ccncc2Cl)C1=O. The van der Waals surface area contributed by atoms with Crippen molar-refractivity contribution >= 4 is 23.4 Å². The van der Waals surface area contributed by atoms with Gasteiger partial charge in [0.15, 0.2) is 0 Å². The molecule has 21 heavy (non-hydrogen) atoms.